The van der Waals surface area contributed by atoms with E-state index in [2.05, 4.69) is 9.89 Å². The van der Waals surface area contributed by atoms with E-state index < -0.39 is 0 Å². The van der Waals surface area contributed by atoms with E-state index in [1.807, 2.05) is 19.1 Å². The van der Waals surface area contributed by atoms with Crippen LogP contribution in [-0.2, 0) is 9.53 Å². The number of thioether (sulfide) groups is 1. The van der Waals surface area contributed by atoms with Gasteiger partial charge in [-0.3, -0.25) is 4.79 Å². The Morgan fingerprint density at radius 2 is 2.16 bits per heavy atom. The Morgan fingerprint density at radius 1 is 1.37 bits per heavy atom. The Morgan fingerprint density at radius 3 is 2.84 bits per heavy atom. The highest BCUT2D eigenvalue weighted by Gasteiger charge is 2.27. The van der Waals surface area contributed by atoms with Gasteiger partial charge in [-0.25, -0.2) is 0 Å². The highest BCUT2D eigenvalue weighted by molar-refractivity contribution is 8.18. The van der Waals surface area contributed by atoms with E-state index in [9.17, 15) is 4.79 Å². The maximum atomic E-state index is 11.9. The molecule has 1 saturated heterocycles. The van der Waals surface area contributed by atoms with Crippen LogP contribution in [0.25, 0.3) is 6.08 Å². The van der Waals surface area contributed by atoms with E-state index in [1.54, 1.807) is 6.08 Å². The lowest BCUT2D eigenvalue weighted by molar-refractivity contribution is -0.113. The second-order valence-electron chi connectivity index (χ2n) is 4.36. The third kappa shape index (κ3) is 2.74. The van der Waals surface area contributed by atoms with Crippen LogP contribution in [0.5, 0.6) is 0 Å². The van der Waals surface area contributed by atoms with Gasteiger partial charge in [0.15, 0.2) is 5.17 Å². The van der Waals surface area contributed by atoms with Gasteiger partial charge in [0.2, 0.25) is 0 Å². The van der Waals surface area contributed by atoms with Crippen molar-refractivity contribution in [1.29, 1.82) is 0 Å². The third-order valence-corrected chi connectivity index (χ3v) is 3.97. The van der Waals surface area contributed by atoms with Gasteiger partial charge in [-0.2, -0.15) is 4.99 Å². The number of amidine groups is 1. The quantitative estimate of drug-likeness (QED) is 0.734. The van der Waals surface area contributed by atoms with Crippen LogP contribution < -0.4 is 0 Å². The van der Waals surface area contributed by atoms with Crippen LogP contribution in [0.15, 0.2) is 26.4 Å². The first-order chi connectivity index (χ1) is 9.22. The predicted molar refractivity (Wildman–Crippen MR) is 73.8 cm³/mol. The van der Waals surface area contributed by atoms with Crippen molar-refractivity contribution in [1.82, 2.24) is 4.90 Å². The maximum absolute atomic E-state index is 11.9. The number of ether oxygens (including phenoxy) is 1. The first-order valence-electron chi connectivity index (χ1n) is 6.14. The molecule has 1 aromatic rings. The molecule has 0 N–H and O–H groups in total. The lowest BCUT2D eigenvalue weighted by Crippen LogP contribution is -2.38. The number of aliphatic imine (C=N–C) groups is 1. The smallest absolute Gasteiger partial charge is 0.286 e. The Bertz CT molecular complexity index is 556. The van der Waals surface area contributed by atoms with Crippen LogP contribution in [-0.4, -0.2) is 42.3 Å². The van der Waals surface area contributed by atoms with Crippen molar-refractivity contribution in [2.45, 2.75) is 6.92 Å². The Labute approximate surface area is 115 Å². The molecule has 1 fully saturated rings. The second kappa shape index (κ2) is 5.22. The van der Waals surface area contributed by atoms with E-state index in [0.717, 1.165) is 24.0 Å². The molecule has 1 aromatic heterocycles. The SMILES string of the molecule is Cc1ccc(/C=C2\SC(N3CCOCC3)=NC2=O)o1. The van der Waals surface area contributed by atoms with E-state index in [1.165, 1.54) is 11.8 Å². The van der Waals surface area contributed by atoms with Crippen molar-refractivity contribution in [3.8, 4) is 0 Å². The molecule has 6 heteroatoms. The van der Waals surface area contributed by atoms with Gasteiger partial charge in [-0.15, -0.1) is 0 Å². The van der Waals surface area contributed by atoms with Crippen LogP contribution in [0.3, 0.4) is 0 Å². The number of nitrogens with zero attached hydrogens (tertiary/aromatic N) is 2. The summed E-state index contributed by atoms with van der Waals surface area (Å²) in [6.45, 7) is 4.81. The van der Waals surface area contributed by atoms with Gasteiger partial charge >= 0.3 is 0 Å². The Kier molecular flexibility index (Phi) is 3.44. The molecule has 0 aromatic carbocycles. The molecule has 0 radical (unpaired) electrons. The fourth-order valence-corrected chi connectivity index (χ4v) is 2.89. The zero-order chi connectivity index (χ0) is 13.2. The van der Waals surface area contributed by atoms with Gasteiger partial charge in [-0.1, -0.05) is 0 Å². The van der Waals surface area contributed by atoms with E-state index >= 15 is 0 Å². The molecule has 0 spiro atoms. The minimum Gasteiger partial charge on any atom is -0.462 e. The average molecular weight is 278 g/mol. The van der Waals surface area contributed by atoms with Crippen LogP contribution in [0.2, 0.25) is 0 Å². The van der Waals surface area contributed by atoms with Gasteiger partial charge in [0.05, 0.1) is 18.1 Å². The molecule has 0 atom stereocenters. The molecule has 2 aliphatic rings. The largest absolute Gasteiger partial charge is 0.462 e. The molecule has 0 saturated carbocycles. The summed E-state index contributed by atoms with van der Waals surface area (Å²) in [5.41, 5.74) is 0. The van der Waals surface area contributed by atoms with Crippen molar-refractivity contribution in [2.24, 2.45) is 4.99 Å². The minimum atomic E-state index is -0.194. The number of amides is 1. The normalized spacial score (nSPS) is 22.2. The molecule has 2 aliphatic heterocycles. The molecule has 0 bridgehead atoms. The summed E-state index contributed by atoms with van der Waals surface area (Å²) in [6.07, 6.45) is 1.75. The van der Waals surface area contributed by atoms with Crippen molar-refractivity contribution in [2.75, 3.05) is 26.3 Å². The zero-order valence-corrected chi connectivity index (χ0v) is 11.4. The van der Waals surface area contributed by atoms with Gasteiger partial charge in [0, 0.05) is 19.2 Å². The molecular weight excluding hydrogens is 264 g/mol. The van der Waals surface area contributed by atoms with Crippen LogP contribution >= 0.6 is 11.8 Å². The summed E-state index contributed by atoms with van der Waals surface area (Å²) >= 11 is 1.40. The molecule has 5 nitrogen and oxygen atoms in total. The average Bonchev–Trinajstić information content (AvgIpc) is 2.98. The number of carbonyl (C=O) groups is 1. The first-order valence-corrected chi connectivity index (χ1v) is 6.96. The van der Waals surface area contributed by atoms with Gasteiger partial charge in [0.25, 0.3) is 5.91 Å². The first kappa shape index (κ1) is 12.5. The molecule has 100 valence electrons. The standard InChI is InChI=1S/C13H14N2O3S/c1-9-2-3-10(18-9)8-11-12(16)14-13(19-11)15-4-6-17-7-5-15/h2-3,8H,4-7H2,1H3/b11-8-. The topological polar surface area (TPSA) is 55.0 Å². The Hall–Kier alpha value is -1.53. The van der Waals surface area contributed by atoms with E-state index in [4.69, 9.17) is 9.15 Å². The summed E-state index contributed by atoms with van der Waals surface area (Å²) in [7, 11) is 0. The summed E-state index contributed by atoms with van der Waals surface area (Å²) in [5, 5.41) is 0.767. The second-order valence-corrected chi connectivity index (χ2v) is 5.37. The molecule has 0 aliphatic carbocycles. The molecule has 19 heavy (non-hydrogen) atoms. The van der Waals surface area contributed by atoms with Crippen molar-refractivity contribution < 1.29 is 13.9 Å². The highest BCUT2D eigenvalue weighted by Crippen LogP contribution is 2.30. The number of hydrogen-bond donors (Lipinski definition) is 0. The molecular formula is C13H14N2O3S. The third-order valence-electron chi connectivity index (χ3n) is 2.93. The number of hydrogen-bond acceptors (Lipinski definition) is 5. The van der Waals surface area contributed by atoms with E-state index in [0.29, 0.717) is 23.9 Å². The zero-order valence-electron chi connectivity index (χ0n) is 10.6. The number of carbonyl (C=O) groups excluding carboxylic acids is 1. The number of morpholine rings is 1. The summed E-state index contributed by atoms with van der Waals surface area (Å²) in [6, 6.07) is 3.73. The summed E-state index contributed by atoms with van der Waals surface area (Å²) in [5.74, 6) is 1.32. The number of furan rings is 1. The van der Waals surface area contributed by atoms with Crippen molar-refractivity contribution in [3.63, 3.8) is 0 Å². The molecule has 3 rings (SSSR count). The van der Waals surface area contributed by atoms with Crippen molar-refractivity contribution >= 4 is 28.9 Å². The van der Waals surface area contributed by atoms with Gasteiger partial charge in [0.1, 0.15) is 11.5 Å². The van der Waals surface area contributed by atoms with Crippen LogP contribution in [0.1, 0.15) is 11.5 Å². The fraction of sp³-hybridized carbons (Fsp3) is 0.385. The molecule has 1 amide bonds. The van der Waals surface area contributed by atoms with Gasteiger partial charge in [-0.05, 0) is 30.8 Å². The summed E-state index contributed by atoms with van der Waals surface area (Å²) < 4.78 is 10.7. The number of aryl methyl sites for hydroxylation is 1. The lowest BCUT2D eigenvalue weighted by Gasteiger charge is -2.27. The van der Waals surface area contributed by atoms with Gasteiger partial charge < -0.3 is 14.1 Å². The monoisotopic (exact) mass is 278 g/mol. The Balaban J connectivity index is 1.74. The highest BCUT2D eigenvalue weighted by atomic mass is 32.2. The van der Waals surface area contributed by atoms with E-state index in [-0.39, 0.29) is 5.91 Å². The lowest BCUT2D eigenvalue weighted by atomic mass is 10.4. The predicted octanol–water partition coefficient (Wildman–Crippen LogP) is 1.89. The molecule has 3 heterocycles. The maximum Gasteiger partial charge on any atom is 0.286 e. The minimum absolute atomic E-state index is 0.194. The van der Waals surface area contributed by atoms with Crippen LogP contribution in [0.4, 0.5) is 0 Å². The summed E-state index contributed by atoms with van der Waals surface area (Å²) in [4.78, 5) is 18.7. The number of rotatable bonds is 1. The molecule has 0 unspecified atom stereocenters. The van der Waals surface area contributed by atoms with Crippen LogP contribution in [0, 0.1) is 6.92 Å². The fourth-order valence-electron chi connectivity index (χ4n) is 1.95. The van der Waals surface area contributed by atoms with Crippen molar-refractivity contribution in [3.05, 3.63) is 28.6 Å².